The van der Waals surface area contributed by atoms with Crippen molar-refractivity contribution in [1.82, 2.24) is 5.48 Å². The van der Waals surface area contributed by atoms with Crippen LogP contribution in [0.25, 0.3) is 0 Å². The van der Waals surface area contributed by atoms with Gasteiger partial charge in [0.2, 0.25) is 0 Å². The summed E-state index contributed by atoms with van der Waals surface area (Å²) in [5.74, 6) is -0.590. The average Bonchev–Trinajstić information content (AvgIpc) is 2.42. The topological polar surface area (TPSA) is 108 Å². The highest BCUT2D eigenvalue weighted by Gasteiger charge is 2.07. The van der Waals surface area contributed by atoms with Crippen molar-refractivity contribution in [3.05, 3.63) is 39.9 Å². The first-order valence-electron chi connectivity index (χ1n) is 5.38. The van der Waals surface area contributed by atoms with Crippen molar-refractivity contribution < 1.29 is 24.1 Å². The van der Waals surface area contributed by atoms with Crippen molar-refractivity contribution in [2.45, 2.75) is 20.0 Å². The minimum absolute atomic E-state index is 0.0509. The van der Waals surface area contributed by atoms with Crippen LogP contribution in [0.15, 0.2) is 24.3 Å². The summed E-state index contributed by atoms with van der Waals surface area (Å²) < 4.78 is 4.73. The van der Waals surface area contributed by atoms with Crippen LogP contribution in [-0.4, -0.2) is 17.0 Å². The molecular formula is C11H12N2O6. The Balaban J connectivity index is 2.37. The van der Waals surface area contributed by atoms with Gasteiger partial charge in [-0.25, -0.2) is 9.59 Å². The number of rotatable bonds is 4. The van der Waals surface area contributed by atoms with E-state index in [4.69, 9.17) is 4.74 Å². The number of ether oxygens (including phenoxy) is 1. The maximum atomic E-state index is 11.1. The first-order chi connectivity index (χ1) is 9.02. The van der Waals surface area contributed by atoms with Crippen LogP contribution in [0, 0.1) is 10.1 Å². The van der Waals surface area contributed by atoms with Crippen LogP contribution >= 0.6 is 0 Å². The Bertz CT molecular complexity index is 471. The maximum absolute atomic E-state index is 11.1. The molecule has 0 saturated heterocycles. The van der Waals surface area contributed by atoms with Crippen LogP contribution in [-0.2, 0) is 21.0 Å². The first kappa shape index (κ1) is 14.4. The van der Waals surface area contributed by atoms with E-state index in [1.54, 1.807) is 6.92 Å². The van der Waals surface area contributed by atoms with Gasteiger partial charge in [0.1, 0.15) is 6.61 Å². The van der Waals surface area contributed by atoms with E-state index in [-0.39, 0.29) is 18.7 Å². The quantitative estimate of drug-likeness (QED) is 0.657. The van der Waals surface area contributed by atoms with Crippen molar-refractivity contribution in [3.63, 3.8) is 0 Å². The van der Waals surface area contributed by atoms with Crippen molar-refractivity contribution in [2.75, 3.05) is 0 Å². The third kappa shape index (κ3) is 5.02. The average molecular weight is 268 g/mol. The zero-order valence-electron chi connectivity index (χ0n) is 10.1. The number of benzene rings is 1. The molecule has 0 spiro atoms. The van der Waals surface area contributed by atoms with Crippen molar-refractivity contribution in [3.8, 4) is 0 Å². The van der Waals surface area contributed by atoms with Gasteiger partial charge in [0.05, 0.1) is 4.92 Å². The van der Waals surface area contributed by atoms with Gasteiger partial charge in [0.25, 0.3) is 5.69 Å². The van der Waals surface area contributed by atoms with E-state index < -0.39 is 17.0 Å². The summed E-state index contributed by atoms with van der Waals surface area (Å²) >= 11 is 0. The third-order valence-electron chi connectivity index (χ3n) is 2.05. The molecule has 0 saturated carbocycles. The van der Waals surface area contributed by atoms with Crippen molar-refractivity contribution in [1.29, 1.82) is 0 Å². The molecule has 102 valence electrons. The number of nitro benzene ring substituents is 1. The Morgan fingerprint density at radius 3 is 2.47 bits per heavy atom. The van der Waals surface area contributed by atoms with Gasteiger partial charge in [-0.1, -0.05) is 6.92 Å². The largest absolute Gasteiger partial charge is 0.443 e. The molecule has 0 bridgehead atoms. The molecule has 1 rings (SSSR count). The number of nitrogens with zero attached hydrogens (tertiary/aromatic N) is 1. The molecule has 0 aliphatic heterocycles. The van der Waals surface area contributed by atoms with E-state index in [1.807, 2.05) is 5.48 Å². The molecule has 1 aromatic rings. The van der Waals surface area contributed by atoms with E-state index in [0.29, 0.717) is 5.56 Å². The minimum Gasteiger partial charge on any atom is -0.443 e. The van der Waals surface area contributed by atoms with Crippen LogP contribution in [0.2, 0.25) is 0 Å². The lowest BCUT2D eigenvalue weighted by atomic mass is 10.2. The Morgan fingerprint density at radius 2 is 1.95 bits per heavy atom. The summed E-state index contributed by atoms with van der Waals surface area (Å²) in [5.41, 5.74) is 2.34. The Kier molecular flexibility index (Phi) is 5.27. The second kappa shape index (κ2) is 6.94. The van der Waals surface area contributed by atoms with Gasteiger partial charge in [0.15, 0.2) is 0 Å². The van der Waals surface area contributed by atoms with Gasteiger partial charge >= 0.3 is 12.1 Å². The van der Waals surface area contributed by atoms with Gasteiger partial charge in [-0.3, -0.25) is 10.1 Å². The predicted octanol–water partition coefficient (Wildman–Crippen LogP) is 1.69. The molecule has 1 aromatic carbocycles. The predicted molar refractivity (Wildman–Crippen MR) is 62.8 cm³/mol. The van der Waals surface area contributed by atoms with E-state index in [1.165, 1.54) is 24.3 Å². The molecule has 0 unspecified atom stereocenters. The lowest BCUT2D eigenvalue weighted by Gasteiger charge is -2.06. The fraction of sp³-hybridized carbons (Fsp3) is 0.273. The lowest BCUT2D eigenvalue weighted by molar-refractivity contribution is -0.384. The molecule has 0 aliphatic rings. The summed E-state index contributed by atoms with van der Waals surface area (Å²) in [4.78, 5) is 36.1. The summed E-state index contributed by atoms with van der Waals surface area (Å²) in [6.45, 7) is 1.49. The third-order valence-corrected chi connectivity index (χ3v) is 2.05. The molecule has 1 N–H and O–H groups in total. The number of nitrogens with one attached hydrogen (secondary N) is 1. The molecule has 0 fully saturated rings. The molecule has 1 amide bonds. The zero-order valence-corrected chi connectivity index (χ0v) is 10.1. The molecule has 19 heavy (non-hydrogen) atoms. The second-order valence-corrected chi connectivity index (χ2v) is 3.43. The highest BCUT2D eigenvalue weighted by atomic mass is 16.7. The standard InChI is InChI=1S/C11H12N2O6/c1-2-10(14)19-12-11(15)18-7-8-3-5-9(6-4-8)13(16)17/h3-6H,2,7H2,1H3,(H,12,15). The summed E-state index contributed by atoms with van der Waals surface area (Å²) in [6, 6.07) is 5.52. The number of nitro groups is 1. The van der Waals surface area contributed by atoms with Crippen LogP contribution in [0.3, 0.4) is 0 Å². The highest BCUT2D eigenvalue weighted by molar-refractivity contribution is 5.72. The number of hydrogen-bond acceptors (Lipinski definition) is 6. The van der Waals surface area contributed by atoms with Crippen LogP contribution in [0.1, 0.15) is 18.9 Å². The normalized spacial score (nSPS) is 9.53. The van der Waals surface area contributed by atoms with E-state index >= 15 is 0 Å². The number of carbonyl (C=O) groups is 2. The van der Waals surface area contributed by atoms with Gasteiger partial charge < -0.3 is 9.57 Å². The Hall–Kier alpha value is -2.64. The molecule has 8 nitrogen and oxygen atoms in total. The fourth-order valence-electron chi connectivity index (χ4n) is 1.06. The second-order valence-electron chi connectivity index (χ2n) is 3.43. The highest BCUT2D eigenvalue weighted by Crippen LogP contribution is 2.12. The summed E-state index contributed by atoms with van der Waals surface area (Å²) in [5, 5.41) is 10.4. The number of hydroxylamine groups is 1. The zero-order chi connectivity index (χ0) is 14.3. The molecule has 0 radical (unpaired) electrons. The van der Waals surface area contributed by atoms with Crippen LogP contribution < -0.4 is 5.48 Å². The molecule has 0 atom stereocenters. The van der Waals surface area contributed by atoms with E-state index in [0.717, 1.165) is 0 Å². The number of amides is 1. The first-order valence-corrected chi connectivity index (χ1v) is 5.38. The number of non-ortho nitro benzene ring substituents is 1. The van der Waals surface area contributed by atoms with Crippen LogP contribution in [0.4, 0.5) is 10.5 Å². The van der Waals surface area contributed by atoms with Crippen LogP contribution in [0.5, 0.6) is 0 Å². The van der Waals surface area contributed by atoms with Crippen molar-refractivity contribution in [2.24, 2.45) is 0 Å². The molecule has 0 aromatic heterocycles. The minimum atomic E-state index is -0.917. The van der Waals surface area contributed by atoms with Gasteiger partial charge in [0, 0.05) is 18.6 Å². The summed E-state index contributed by atoms with van der Waals surface area (Å²) in [7, 11) is 0. The fourth-order valence-corrected chi connectivity index (χ4v) is 1.06. The van der Waals surface area contributed by atoms with E-state index in [9.17, 15) is 19.7 Å². The Labute approximate surface area is 108 Å². The maximum Gasteiger partial charge on any atom is 0.441 e. The molecular weight excluding hydrogens is 256 g/mol. The molecule has 0 aliphatic carbocycles. The van der Waals surface area contributed by atoms with Gasteiger partial charge in [-0.05, 0) is 17.7 Å². The monoisotopic (exact) mass is 268 g/mol. The Morgan fingerprint density at radius 1 is 1.32 bits per heavy atom. The van der Waals surface area contributed by atoms with Gasteiger partial charge in [-0.2, -0.15) is 0 Å². The smallest absolute Gasteiger partial charge is 0.441 e. The molecule has 0 heterocycles. The SMILES string of the molecule is CCC(=O)ONC(=O)OCc1ccc([N+](=O)[O-])cc1. The molecule has 8 heteroatoms. The number of hydrogen-bond donors (Lipinski definition) is 1. The van der Waals surface area contributed by atoms with Gasteiger partial charge in [-0.15, -0.1) is 5.48 Å². The number of carbonyl (C=O) groups excluding carboxylic acids is 2. The van der Waals surface area contributed by atoms with E-state index in [2.05, 4.69) is 4.84 Å². The lowest BCUT2D eigenvalue weighted by Crippen LogP contribution is -2.27. The summed E-state index contributed by atoms with van der Waals surface area (Å²) in [6.07, 6.45) is -0.789. The van der Waals surface area contributed by atoms with Crippen molar-refractivity contribution >= 4 is 17.7 Å².